The van der Waals surface area contributed by atoms with E-state index in [4.69, 9.17) is 0 Å². The van der Waals surface area contributed by atoms with E-state index in [0.717, 1.165) is 94.7 Å². The van der Waals surface area contributed by atoms with E-state index in [-0.39, 0.29) is 0 Å². The van der Waals surface area contributed by atoms with Crippen LogP contribution >= 0.6 is 0 Å². The van der Waals surface area contributed by atoms with E-state index >= 15 is 0 Å². The first-order valence-corrected chi connectivity index (χ1v) is 39.7. The van der Waals surface area contributed by atoms with Crippen LogP contribution in [0.5, 0.6) is 0 Å². The molecule has 0 nitrogen and oxygen atoms in total. The molecule has 0 atom stereocenters. The Morgan fingerprint density at radius 1 is 0.0625 bits per heavy atom. The van der Waals surface area contributed by atoms with E-state index in [9.17, 15) is 0 Å². The summed E-state index contributed by atoms with van der Waals surface area (Å²) in [5, 5.41) is 0. The number of rotatable bonds is 0. The molecule has 0 aliphatic heterocycles. The molecule has 0 radical (unpaired) electrons. The Bertz CT molecular complexity index is 981. The van der Waals surface area contributed by atoms with Crippen LogP contribution < -0.4 is 0 Å². The molecule has 0 unspecified atom stereocenters. The second-order valence-corrected chi connectivity index (χ2v) is 32.7. The summed E-state index contributed by atoms with van der Waals surface area (Å²) in [5.74, 6) is 18.5. The molecule has 0 aromatic heterocycles. The predicted octanol–water partition coefficient (Wildman–Crippen LogP) is 26.9. The molecule has 16 rings (SSSR count). The molecule has 0 spiro atoms. The van der Waals surface area contributed by atoms with Crippen molar-refractivity contribution < 1.29 is 0 Å². The minimum absolute atomic E-state index is 1.16. The van der Waals surface area contributed by atoms with Crippen LogP contribution in [0.4, 0.5) is 0 Å². The zero-order valence-electron chi connectivity index (χ0n) is 54.5. The second-order valence-electron chi connectivity index (χ2n) is 32.7. The maximum absolute atomic E-state index is 1.56. The maximum atomic E-state index is 1.56. The summed E-state index contributed by atoms with van der Waals surface area (Å²) in [4.78, 5) is 0. The molecule has 16 saturated carbocycles. The van der Waals surface area contributed by atoms with Crippen molar-refractivity contribution >= 4 is 0 Å². The molecule has 464 valence electrons. The fourth-order valence-corrected chi connectivity index (χ4v) is 22.9. The normalized spacial score (nSPS) is 40.8. The molecule has 16 aliphatic rings. The van der Waals surface area contributed by atoms with Crippen molar-refractivity contribution in [1.82, 2.24) is 0 Å². The van der Waals surface area contributed by atoms with Gasteiger partial charge in [0.2, 0.25) is 0 Å². The Morgan fingerprint density at radius 2 is 0.100 bits per heavy atom. The van der Waals surface area contributed by atoms with Gasteiger partial charge in [-0.3, -0.25) is 0 Å². The zero-order valence-corrected chi connectivity index (χ0v) is 54.5. The fourth-order valence-electron chi connectivity index (χ4n) is 22.9. The first kappa shape index (κ1) is 64.5. The van der Waals surface area contributed by atoms with E-state index in [1.165, 1.54) is 205 Å². The van der Waals surface area contributed by atoms with Gasteiger partial charge in [0.1, 0.15) is 0 Å². The number of fused-ring (bicyclic) bond motifs is 8. The molecule has 16 fully saturated rings. The van der Waals surface area contributed by atoms with Crippen LogP contribution in [0.1, 0.15) is 411 Å². The van der Waals surface area contributed by atoms with Gasteiger partial charge in [0, 0.05) is 0 Å². The van der Waals surface area contributed by atoms with Crippen LogP contribution in [-0.2, 0) is 0 Å². The van der Waals surface area contributed by atoms with Gasteiger partial charge in [0.15, 0.2) is 0 Å². The molecule has 16 aliphatic carbocycles. The van der Waals surface area contributed by atoms with E-state index in [1.54, 1.807) is 205 Å². The third kappa shape index (κ3) is 22.3. The third-order valence-electron chi connectivity index (χ3n) is 27.7. The van der Waals surface area contributed by atoms with Crippen LogP contribution in [0, 0.1) is 94.7 Å². The lowest BCUT2D eigenvalue weighted by atomic mass is 9.71. The number of hydrogen-bond acceptors (Lipinski definition) is 0. The molecule has 0 heterocycles. The van der Waals surface area contributed by atoms with Crippen molar-refractivity contribution in [2.45, 2.75) is 411 Å². The van der Waals surface area contributed by atoms with E-state index < -0.39 is 0 Å². The average molecular weight is 1110 g/mol. The van der Waals surface area contributed by atoms with Crippen molar-refractivity contribution in [3.63, 3.8) is 0 Å². The molecule has 0 heteroatoms. The summed E-state index contributed by atoms with van der Waals surface area (Å²) in [5.41, 5.74) is 0. The Morgan fingerprint density at radius 3 is 0.138 bits per heavy atom. The smallest absolute Gasteiger partial charge is 0.0386 e. The SMILES string of the molecule is C1CCC2CCCCC2C1.C1CCC2CCCCC2C1.C1CCC2CCCCC2C1.C1CCC2CCCCC2C1.C1CCC2CCCCC2C1.C1CCC2CCCCC2C1.C1CCC2CCCCC2C1.C1CCC2CCCCC2C1. The highest BCUT2D eigenvalue weighted by Crippen LogP contribution is 2.46. The van der Waals surface area contributed by atoms with Gasteiger partial charge in [-0.05, 0) is 94.7 Å². The Balaban J connectivity index is 0.000000111. The summed E-state index contributed by atoms with van der Waals surface area (Å²) < 4.78 is 0. The molecule has 0 aromatic rings. The lowest BCUT2D eigenvalue weighted by Crippen LogP contribution is -2.22. The van der Waals surface area contributed by atoms with Crippen LogP contribution in [0.25, 0.3) is 0 Å². The first-order chi connectivity index (χ1) is 39.7. The van der Waals surface area contributed by atoms with Crippen LogP contribution in [0.2, 0.25) is 0 Å². The molecule has 0 saturated heterocycles. The summed E-state index contributed by atoms with van der Waals surface area (Å²) >= 11 is 0. The molecule has 0 amide bonds. The summed E-state index contributed by atoms with van der Waals surface area (Å²) in [6, 6.07) is 0. The second kappa shape index (κ2) is 38.3. The average Bonchev–Trinajstić information content (AvgIpc) is 3.56. The quantitative estimate of drug-likeness (QED) is 0.227. The fraction of sp³-hybridized carbons (Fsp3) is 1.00. The van der Waals surface area contributed by atoms with Gasteiger partial charge in [-0.2, -0.15) is 0 Å². The molecule has 80 heavy (non-hydrogen) atoms. The number of hydrogen-bond donors (Lipinski definition) is 0. The summed E-state index contributed by atoms with van der Waals surface area (Å²) in [7, 11) is 0. The van der Waals surface area contributed by atoms with Gasteiger partial charge >= 0.3 is 0 Å². The van der Waals surface area contributed by atoms with E-state index in [1.807, 2.05) is 0 Å². The van der Waals surface area contributed by atoms with Crippen LogP contribution in [0.3, 0.4) is 0 Å². The minimum atomic E-state index is 1.16. The highest BCUT2D eigenvalue weighted by Gasteiger charge is 2.33. The largest absolute Gasteiger partial charge is 0.0530 e. The predicted molar refractivity (Wildman–Crippen MR) is 351 cm³/mol. The minimum Gasteiger partial charge on any atom is -0.0530 e. The highest BCUT2D eigenvalue weighted by molar-refractivity contribution is 4.85. The van der Waals surface area contributed by atoms with Crippen molar-refractivity contribution in [3.8, 4) is 0 Å². The van der Waals surface area contributed by atoms with Crippen molar-refractivity contribution in [1.29, 1.82) is 0 Å². The monoisotopic (exact) mass is 1110 g/mol. The van der Waals surface area contributed by atoms with E-state index in [0.29, 0.717) is 0 Å². The zero-order chi connectivity index (χ0) is 54.5. The van der Waals surface area contributed by atoms with Gasteiger partial charge in [0.25, 0.3) is 0 Å². The van der Waals surface area contributed by atoms with Crippen LogP contribution in [-0.4, -0.2) is 0 Å². The van der Waals surface area contributed by atoms with Gasteiger partial charge in [0.05, 0.1) is 0 Å². The third-order valence-corrected chi connectivity index (χ3v) is 27.7. The highest BCUT2D eigenvalue weighted by atomic mass is 14.4. The van der Waals surface area contributed by atoms with Crippen molar-refractivity contribution in [3.05, 3.63) is 0 Å². The lowest BCUT2D eigenvalue weighted by molar-refractivity contribution is 0.171. The van der Waals surface area contributed by atoms with Gasteiger partial charge in [-0.25, -0.2) is 0 Å². The van der Waals surface area contributed by atoms with Crippen LogP contribution in [0.15, 0.2) is 0 Å². The Kier molecular flexibility index (Phi) is 30.9. The molecular formula is C80H144. The Hall–Kier alpha value is 0. The molecule has 0 N–H and O–H groups in total. The standard InChI is InChI=1S/8C10H18/c8*1-2-6-10-8-4-3-7-9(10)5-1/h8*9-10H,1-8H2. The van der Waals surface area contributed by atoms with Gasteiger partial charge in [-0.1, -0.05) is 411 Å². The maximum Gasteiger partial charge on any atom is -0.0386 e. The Labute approximate surface area is 503 Å². The topological polar surface area (TPSA) is 0 Å². The molecule has 0 bridgehead atoms. The summed E-state index contributed by atoms with van der Waals surface area (Å²) in [6.45, 7) is 0. The van der Waals surface area contributed by atoms with Crippen molar-refractivity contribution in [2.24, 2.45) is 94.7 Å². The van der Waals surface area contributed by atoms with Gasteiger partial charge in [-0.15, -0.1) is 0 Å². The molecule has 0 aromatic carbocycles. The van der Waals surface area contributed by atoms with Crippen molar-refractivity contribution in [2.75, 3.05) is 0 Å². The first-order valence-electron chi connectivity index (χ1n) is 39.7. The molecular weight excluding hydrogens is 961 g/mol. The summed E-state index contributed by atoms with van der Waals surface area (Å²) in [6.07, 6.45) is 98.9. The van der Waals surface area contributed by atoms with Gasteiger partial charge < -0.3 is 0 Å². The lowest BCUT2D eigenvalue weighted by Gasteiger charge is -2.35. The van der Waals surface area contributed by atoms with E-state index in [2.05, 4.69) is 0 Å².